The first-order valence-electron chi connectivity index (χ1n) is 11.2. The predicted octanol–water partition coefficient (Wildman–Crippen LogP) is 1.76. The zero-order chi connectivity index (χ0) is 22.2. The number of hydrogen-bond donors (Lipinski definition) is 1. The summed E-state index contributed by atoms with van der Waals surface area (Å²) in [7, 11) is 1.70. The zero-order valence-electron chi connectivity index (χ0n) is 17.8. The van der Waals surface area contributed by atoms with Crippen LogP contribution in [0.15, 0.2) is 40.7 Å². The fraction of sp³-hybridized carbons (Fsp3) is 0.591. The molecule has 1 N–H and O–H groups in total. The minimum Gasteiger partial charge on any atom is -0.349 e. The van der Waals surface area contributed by atoms with Crippen molar-refractivity contribution in [1.29, 1.82) is 0 Å². The van der Waals surface area contributed by atoms with Crippen molar-refractivity contribution in [2.75, 3.05) is 26.7 Å². The van der Waals surface area contributed by atoms with Crippen LogP contribution in [0.2, 0.25) is 0 Å². The van der Waals surface area contributed by atoms with Crippen LogP contribution in [0.4, 0.5) is 13.6 Å². The number of halogens is 2. The van der Waals surface area contributed by atoms with Crippen molar-refractivity contribution >= 4 is 18.2 Å². The van der Waals surface area contributed by atoms with Gasteiger partial charge in [0.1, 0.15) is 12.3 Å². The van der Waals surface area contributed by atoms with E-state index in [0.717, 1.165) is 18.7 Å². The Balaban J connectivity index is 1.20. The molecule has 5 atom stereocenters. The highest BCUT2D eigenvalue weighted by atomic mass is 19.3. The third kappa shape index (κ3) is 3.15. The second kappa shape index (κ2) is 6.87. The number of rotatable bonds is 2. The molecule has 0 aromatic heterocycles. The Labute approximate surface area is 184 Å². The third-order valence-corrected chi connectivity index (χ3v) is 7.53. The molecule has 1 saturated carbocycles. The number of alkyl halides is 2. The van der Waals surface area contributed by atoms with Crippen LogP contribution in [0.3, 0.4) is 0 Å². The zero-order valence-corrected chi connectivity index (χ0v) is 17.8. The summed E-state index contributed by atoms with van der Waals surface area (Å²) >= 11 is 0. The summed E-state index contributed by atoms with van der Waals surface area (Å²) in [4.78, 5) is 35.3. The lowest BCUT2D eigenvalue weighted by Crippen LogP contribution is -2.48. The number of allylic oxidation sites excluding steroid dienone is 1. The Morgan fingerprint density at radius 2 is 2.03 bits per heavy atom. The van der Waals surface area contributed by atoms with Crippen molar-refractivity contribution in [3.05, 3.63) is 35.7 Å². The highest BCUT2D eigenvalue weighted by molar-refractivity contribution is 6.12. The molecule has 6 rings (SSSR count). The second-order valence-electron chi connectivity index (χ2n) is 9.58. The summed E-state index contributed by atoms with van der Waals surface area (Å²) in [6.07, 6.45) is 9.65. The fourth-order valence-corrected chi connectivity index (χ4v) is 5.59. The Bertz CT molecular complexity index is 981. The fourth-order valence-electron chi connectivity index (χ4n) is 5.59. The van der Waals surface area contributed by atoms with Crippen LogP contribution in [0.1, 0.15) is 19.3 Å². The molecule has 5 aliphatic heterocycles. The average Bonchev–Trinajstić information content (AvgIpc) is 3.51. The van der Waals surface area contributed by atoms with E-state index in [9.17, 15) is 18.4 Å². The largest absolute Gasteiger partial charge is 0.349 e. The molecule has 3 saturated heterocycles. The van der Waals surface area contributed by atoms with Gasteiger partial charge in [-0.25, -0.2) is 19.0 Å². The van der Waals surface area contributed by atoms with Gasteiger partial charge in [0, 0.05) is 63.6 Å². The first kappa shape index (κ1) is 19.9. The molecular weight excluding hydrogens is 418 g/mol. The average molecular weight is 444 g/mol. The summed E-state index contributed by atoms with van der Waals surface area (Å²) in [6.45, 7) is 1.06. The number of carbonyl (C=O) groups excluding carboxylic acids is 2. The number of nitrogens with one attached hydrogen (secondary N) is 1. The van der Waals surface area contributed by atoms with Crippen molar-refractivity contribution in [2.24, 2.45) is 22.7 Å². The Morgan fingerprint density at radius 1 is 1.25 bits per heavy atom. The van der Waals surface area contributed by atoms with E-state index in [4.69, 9.17) is 4.99 Å². The lowest BCUT2D eigenvalue weighted by molar-refractivity contribution is -0.132. The number of amides is 3. The molecule has 0 aromatic rings. The quantitative estimate of drug-likeness (QED) is 0.705. The van der Waals surface area contributed by atoms with Gasteiger partial charge in [0.05, 0.1) is 5.57 Å². The minimum atomic E-state index is -2.67. The van der Waals surface area contributed by atoms with E-state index in [2.05, 4.69) is 10.3 Å². The lowest BCUT2D eigenvalue weighted by atomic mass is 9.88. The van der Waals surface area contributed by atoms with Crippen molar-refractivity contribution in [3.63, 3.8) is 0 Å². The van der Waals surface area contributed by atoms with E-state index in [-0.39, 0.29) is 56.1 Å². The summed E-state index contributed by atoms with van der Waals surface area (Å²) < 4.78 is 27.0. The number of hydrogen-bond acceptors (Lipinski definition) is 5. The molecule has 32 heavy (non-hydrogen) atoms. The summed E-state index contributed by atoms with van der Waals surface area (Å²) in [6, 6.07) is -0.0995. The van der Waals surface area contributed by atoms with Crippen molar-refractivity contribution < 1.29 is 18.4 Å². The van der Waals surface area contributed by atoms with E-state index in [1.807, 2.05) is 18.2 Å². The Morgan fingerprint density at radius 3 is 2.81 bits per heavy atom. The number of aliphatic imine (C=N–C) groups is 1. The van der Waals surface area contributed by atoms with E-state index >= 15 is 0 Å². The number of urea groups is 1. The molecule has 0 aromatic carbocycles. The Hall–Kier alpha value is -2.75. The van der Waals surface area contributed by atoms with E-state index in [0.29, 0.717) is 17.4 Å². The molecule has 0 spiro atoms. The van der Waals surface area contributed by atoms with Crippen LogP contribution in [0.5, 0.6) is 0 Å². The maximum Gasteiger partial charge on any atom is 0.339 e. The first-order chi connectivity index (χ1) is 15.3. The molecule has 5 heterocycles. The molecular formula is C22H26F2N6O2. The van der Waals surface area contributed by atoms with Crippen LogP contribution in [-0.4, -0.2) is 82.8 Å². The van der Waals surface area contributed by atoms with Crippen molar-refractivity contribution in [1.82, 2.24) is 25.1 Å². The van der Waals surface area contributed by atoms with Gasteiger partial charge in [0.2, 0.25) is 0 Å². The van der Waals surface area contributed by atoms with E-state index in [1.165, 1.54) is 9.91 Å². The van der Waals surface area contributed by atoms with E-state index < -0.39 is 5.92 Å². The van der Waals surface area contributed by atoms with Gasteiger partial charge in [0.25, 0.3) is 11.8 Å². The van der Waals surface area contributed by atoms with Crippen LogP contribution in [0.25, 0.3) is 0 Å². The number of carbonyl (C=O) groups is 2. The molecule has 0 bridgehead atoms. The highest BCUT2D eigenvalue weighted by Crippen LogP contribution is 2.53. The topological polar surface area (TPSA) is 71.5 Å². The first-order valence-corrected chi connectivity index (χ1v) is 11.2. The summed E-state index contributed by atoms with van der Waals surface area (Å²) in [5.41, 5.74) is 4.67. The van der Waals surface area contributed by atoms with E-state index in [1.54, 1.807) is 24.4 Å². The SMILES string of the molecule is CN1NC2C=C(N3CC4CC4C4C=C(C(=O)N5CCC(F)(F)CC5)C=NC43)C=CN2C1=O. The maximum atomic E-state index is 13.5. The monoisotopic (exact) mass is 444 g/mol. The van der Waals surface area contributed by atoms with Gasteiger partial charge in [0.15, 0.2) is 0 Å². The van der Waals surface area contributed by atoms with Crippen LogP contribution in [0, 0.1) is 17.8 Å². The number of dihydropyridines is 1. The van der Waals surface area contributed by atoms with Crippen LogP contribution >= 0.6 is 0 Å². The van der Waals surface area contributed by atoms with Gasteiger partial charge in [-0.05, 0) is 30.4 Å². The Kier molecular flexibility index (Phi) is 4.27. The molecule has 4 fully saturated rings. The summed E-state index contributed by atoms with van der Waals surface area (Å²) in [5, 5.41) is 1.47. The molecule has 170 valence electrons. The molecule has 1 aliphatic carbocycles. The highest BCUT2D eigenvalue weighted by Gasteiger charge is 2.53. The molecule has 5 unspecified atom stereocenters. The van der Waals surface area contributed by atoms with Crippen molar-refractivity contribution in [3.8, 4) is 0 Å². The number of fused-ring (bicyclic) bond motifs is 4. The second-order valence-corrected chi connectivity index (χ2v) is 9.58. The number of likely N-dealkylation sites (tertiary alicyclic amines) is 2. The minimum absolute atomic E-state index is 0.0824. The van der Waals surface area contributed by atoms with Gasteiger partial charge in [-0.1, -0.05) is 6.08 Å². The lowest BCUT2D eigenvalue weighted by Gasteiger charge is -2.42. The van der Waals surface area contributed by atoms with Gasteiger partial charge in [-0.15, -0.1) is 0 Å². The van der Waals surface area contributed by atoms with Gasteiger partial charge in [-0.2, -0.15) is 0 Å². The molecule has 3 amide bonds. The van der Waals surface area contributed by atoms with Gasteiger partial charge in [-0.3, -0.25) is 19.7 Å². The number of nitrogens with zero attached hydrogens (tertiary/aromatic N) is 5. The smallest absolute Gasteiger partial charge is 0.339 e. The third-order valence-electron chi connectivity index (χ3n) is 7.53. The van der Waals surface area contributed by atoms with Crippen LogP contribution < -0.4 is 5.43 Å². The normalized spacial score (nSPS) is 37.0. The number of hydrazine groups is 1. The van der Waals surface area contributed by atoms with Crippen LogP contribution in [-0.2, 0) is 4.79 Å². The van der Waals surface area contributed by atoms with Crippen molar-refractivity contribution in [2.45, 2.75) is 37.5 Å². The van der Waals surface area contributed by atoms with Gasteiger partial charge >= 0.3 is 6.03 Å². The summed E-state index contributed by atoms with van der Waals surface area (Å²) in [5.74, 6) is -1.69. The molecule has 0 radical (unpaired) electrons. The molecule has 6 aliphatic rings. The number of piperidine rings is 2. The maximum absolute atomic E-state index is 13.5. The molecule has 10 heteroatoms. The molecule has 8 nitrogen and oxygen atoms in total. The van der Waals surface area contributed by atoms with Gasteiger partial charge < -0.3 is 9.80 Å². The standard InChI is InChI=1S/C22H26F2N6O2/c1-27-21(32)29-5-2-15(10-18(29)26-27)30-12-14-9-16(14)17-8-13(11-25-19(17)30)20(31)28-6-3-22(23,24)4-7-28/h2,5,8,10-11,14,16-19,26H,3-4,6-7,9,12H2,1H3. The predicted molar refractivity (Wildman–Crippen MR) is 112 cm³/mol.